The van der Waals surface area contributed by atoms with Gasteiger partial charge in [-0.05, 0) is 44.4 Å². The number of H-pyrrole nitrogens is 1. The van der Waals surface area contributed by atoms with Crippen molar-refractivity contribution in [3.05, 3.63) is 53.0 Å². The van der Waals surface area contributed by atoms with Crippen molar-refractivity contribution in [1.82, 2.24) is 15.5 Å². The topological polar surface area (TPSA) is 70.9 Å². The molecule has 0 aliphatic carbocycles. The van der Waals surface area contributed by atoms with Crippen LogP contribution in [0.2, 0.25) is 0 Å². The summed E-state index contributed by atoms with van der Waals surface area (Å²) in [6.07, 6.45) is 1.86. The van der Waals surface area contributed by atoms with Crippen molar-refractivity contribution in [3.8, 4) is 0 Å². The van der Waals surface area contributed by atoms with E-state index in [0.717, 1.165) is 27.9 Å². The highest BCUT2D eigenvalue weighted by Crippen LogP contribution is 2.21. The fourth-order valence-electron chi connectivity index (χ4n) is 2.65. The van der Waals surface area contributed by atoms with E-state index in [9.17, 15) is 4.79 Å². The Hall–Kier alpha value is -2.56. The van der Waals surface area contributed by atoms with Crippen LogP contribution in [-0.4, -0.2) is 16.0 Å². The largest absolute Gasteiger partial charge is 0.361 e. The Morgan fingerprint density at radius 2 is 2.14 bits per heavy atom. The molecule has 1 atom stereocenters. The third-order valence-electron chi connectivity index (χ3n) is 3.69. The van der Waals surface area contributed by atoms with Crippen molar-refractivity contribution in [2.45, 2.75) is 26.8 Å². The number of carbonyl (C=O) groups is 1. The number of aromatic amines is 1. The van der Waals surface area contributed by atoms with Gasteiger partial charge in [0, 0.05) is 22.8 Å². The van der Waals surface area contributed by atoms with Crippen molar-refractivity contribution in [2.24, 2.45) is 0 Å². The number of aromatic nitrogens is 2. The maximum atomic E-state index is 12.4. The molecule has 1 aromatic carbocycles. The molecule has 0 aliphatic rings. The van der Waals surface area contributed by atoms with Gasteiger partial charge in [-0.15, -0.1) is 0 Å². The fraction of sp³-hybridized carbons (Fsp3) is 0.250. The lowest BCUT2D eigenvalue weighted by Gasteiger charge is -2.13. The second-order valence-electron chi connectivity index (χ2n) is 5.21. The third-order valence-corrected chi connectivity index (χ3v) is 3.69. The molecule has 0 spiro atoms. The van der Waals surface area contributed by atoms with Gasteiger partial charge < -0.3 is 14.8 Å². The molecular weight excluding hydrogens is 266 g/mol. The number of hydrogen-bond acceptors (Lipinski definition) is 3. The van der Waals surface area contributed by atoms with Crippen LogP contribution < -0.4 is 5.32 Å². The smallest absolute Gasteiger partial charge is 0.251 e. The van der Waals surface area contributed by atoms with E-state index < -0.39 is 0 Å². The van der Waals surface area contributed by atoms with Crippen LogP contribution in [0.5, 0.6) is 0 Å². The number of benzene rings is 1. The van der Waals surface area contributed by atoms with Crippen LogP contribution in [0.3, 0.4) is 0 Å². The lowest BCUT2D eigenvalue weighted by molar-refractivity contribution is 0.0940. The third kappa shape index (κ3) is 2.42. The molecular formula is C16H17N3O2. The standard InChI is InChI=1S/C16H17N3O2/c1-9(15-10(2)19-21-11(15)3)18-16(20)13-5-4-12-6-7-17-14(12)8-13/h4-9,17H,1-3H3,(H,18,20). The van der Waals surface area contributed by atoms with Gasteiger partial charge >= 0.3 is 0 Å². The Labute approximate surface area is 122 Å². The molecule has 0 aliphatic heterocycles. The van der Waals surface area contributed by atoms with Gasteiger partial charge in [0.1, 0.15) is 5.76 Å². The molecule has 0 saturated carbocycles. The average Bonchev–Trinajstić information content (AvgIpc) is 3.04. The first kappa shape index (κ1) is 13.4. The van der Waals surface area contributed by atoms with Crippen LogP contribution in [-0.2, 0) is 0 Å². The first-order valence-corrected chi connectivity index (χ1v) is 6.87. The molecule has 1 unspecified atom stereocenters. The second-order valence-corrected chi connectivity index (χ2v) is 5.21. The number of fused-ring (bicyclic) bond motifs is 1. The number of carbonyl (C=O) groups excluding carboxylic acids is 1. The summed E-state index contributed by atoms with van der Waals surface area (Å²) in [5, 5.41) is 7.99. The molecule has 0 saturated heterocycles. The number of nitrogens with one attached hydrogen (secondary N) is 2. The van der Waals surface area contributed by atoms with Gasteiger partial charge in [-0.2, -0.15) is 0 Å². The van der Waals surface area contributed by atoms with Crippen molar-refractivity contribution >= 4 is 16.8 Å². The lowest BCUT2D eigenvalue weighted by atomic mass is 10.1. The zero-order valence-corrected chi connectivity index (χ0v) is 12.2. The molecule has 3 aromatic rings. The van der Waals surface area contributed by atoms with E-state index >= 15 is 0 Å². The van der Waals surface area contributed by atoms with Crippen LogP contribution in [0, 0.1) is 13.8 Å². The highest BCUT2D eigenvalue weighted by molar-refractivity contribution is 5.98. The van der Waals surface area contributed by atoms with Gasteiger partial charge in [-0.1, -0.05) is 11.2 Å². The Balaban J connectivity index is 1.82. The summed E-state index contributed by atoms with van der Waals surface area (Å²) in [7, 11) is 0. The van der Waals surface area contributed by atoms with Crippen LogP contribution >= 0.6 is 0 Å². The number of hydrogen-bond donors (Lipinski definition) is 2. The minimum atomic E-state index is -0.150. The van der Waals surface area contributed by atoms with Crippen LogP contribution in [0.25, 0.3) is 10.9 Å². The van der Waals surface area contributed by atoms with Gasteiger partial charge in [-0.25, -0.2) is 0 Å². The summed E-state index contributed by atoms with van der Waals surface area (Å²) in [4.78, 5) is 15.5. The minimum Gasteiger partial charge on any atom is -0.361 e. The number of aryl methyl sites for hydroxylation is 2. The Morgan fingerprint density at radius 3 is 2.86 bits per heavy atom. The van der Waals surface area contributed by atoms with Crippen molar-refractivity contribution in [3.63, 3.8) is 0 Å². The molecule has 5 nitrogen and oxygen atoms in total. The van der Waals surface area contributed by atoms with E-state index in [1.165, 1.54) is 0 Å². The first-order valence-electron chi connectivity index (χ1n) is 6.87. The summed E-state index contributed by atoms with van der Waals surface area (Å²) < 4.78 is 5.14. The predicted molar refractivity (Wildman–Crippen MR) is 80.2 cm³/mol. The first-order chi connectivity index (χ1) is 10.1. The molecule has 0 bridgehead atoms. The quantitative estimate of drug-likeness (QED) is 0.775. The molecule has 2 N–H and O–H groups in total. The average molecular weight is 283 g/mol. The summed E-state index contributed by atoms with van der Waals surface area (Å²) in [5.41, 5.74) is 3.32. The SMILES string of the molecule is Cc1noc(C)c1C(C)NC(=O)c1ccc2cc[nH]c2c1. The van der Waals surface area contributed by atoms with Crippen molar-refractivity contribution in [2.75, 3.05) is 0 Å². The molecule has 1 amide bonds. The Morgan fingerprint density at radius 1 is 1.33 bits per heavy atom. The van der Waals surface area contributed by atoms with E-state index in [4.69, 9.17) is 4.52 Å². The molecule has 2 aromatic heterocycles. The molecule has 3 rings (SSSR count). The van der Waals surface area contributed by atoms with Crippen LogP contribution in [0.4, 0.5) is 0 Å². The molecule has 0 radical (unpaired) electrons. The van der Waals surface area contributed by atoms with Gasteiger partial charge in [-0.3, -0.25) is 4.79 Å². The molecule has 21 heavy (non-hydrogen) atoms. The zero-order chi connectivity index (χ0) is 15.0. The van der Waals surface area contributed by atoms with Gasteiger partial charge in [0.25, 0.3) is 5.91 Å². The van der Waals surface area contributed by atoms with Gasteiger partial charge in [0.05, 0.1) is 11.7 Å². The van der Waals surface area contributed by atoms with Crippen LogP contribution in [0.1, 0.15) is 40.3 Å². The van der Waals surface area contributed by atoms with Crippen LogP contribution in [0.15, 0.2) is 35.0 Å². The molecule has 5 heteroatoms. The normalized spacial score (nSPS) is 12.5. The summed E-state index contributed by atoms with van der Waals surface area (Å²) in [5.74, 6) is 0.624. The van der Waals surface area contributed by atoms with E-state index in [2.05, 4.69) is 15.5 Å². The predicted octanol–water partition coefficient (Wildman–Crippen LogP) is 3.26. The Kier molecular flexibility index (Phi) is 3.25. The summed E-state index contributed by atoms with van der Waals surface area (Å²) >= 11 is 0. The zero-order valence-electron chi connectivity index (χ0n) is 12.2. The van der Waals surface area contributed by atoms with E-state index in [-0.39, 0.29) is 11.9 Å². The number of amides is 1. The van der Waals surface area contributed by atoms with E-state index in [0.29, 0.717) is 5.56 Å². The van der Waals surface area contributed by atoms with E-state index in [1.807, 2.05) is 51.2 Å². The van der Waals surface area contributed by atoms with Gasteiger partial charge in [0.15, 0.2) is 0 Å². The van der Waals surface area contributed by atoms with Gasteiger partial charge in [0.2, 0.25) is 0 Å². The monoisotopic (exact) mass is 283 g/mol. The highest BCUT2D eigenvalue weighted by Gasteiger charge is 2.19. The number of nitrogens with zero attached hydrogens (tertiary/aromatic N) is 1. The molecule has 0 fully saturated rings. The van der Waals surface area contributed by atoms with Crippen molar-refractivity contribution < 1.29 is 9.32 Å². The lowest BCUT2D eigenvalue weighted by Crippen LogP contribution is -2.27. The minimum absolute atomic E-state index is 0.112. The molecule has 2 heterocycles. The van der Waals surface area contributed by atoms with Crippen molar-refractivity contribution in [1.29, 1.82) is 0 Å². The fourth-order valence-corrected chi connectivity index (χ4v) is 2.65. The second kappa shape index (κ2) is 5.09. The highest BCUT2D eigenvalue weighted by atomic mass is 16.5. The maximum Gasteiger partial charge on any atom is 0.251 e. The van der Waals surface area contributed by atoms with E-state index in [1.54, 1.807) is 0 Å². The Bertz CT molecular complexity index is 781. The number of rotatable bonds is 3. The molecule has 108 valence electrons. The maximum absolute atomic E-state index is 12.4. The summed E-state index contributed by atoms with van der Waals surface area (Å²) in [6.45, 7) is 5.65. The summed E-state index contributed by atoms with van der Waals surface area (Å²) in [6, 6.07) is 7.43.